The molecule has 1 unspecified atom stereocenters. The molecule has 3 N–H and O–H groups in total. The number of hydrogen-bond donors (Lipinski definition) is 3. The molecule has 0 amide bonds. The molecule has 9 heavy (non-hydrogen) atoms. The molecular formula is C6H14NO2. The van der Waals surface area contributed by atoms with Gasteiger partial charge in [-0.1, -0.05) is 0 Å². The number of aliphatic hydroxyl groups is 2. The molecule has 0 aromatic rings. The Kier molecular flexibility index (Phi) is 5.93. The third-order valence-corrected chi connectivity index (χ3v) is 0.838. The Morgan fingerprint density at radius 1 is 1.67 bits per heavy atom. The van der Waals surface area contributed by atoms with Crippen LogP contribution in [0.15, 0.2) is 0 Å². The molecule has 0 spiro atoms. The molecule has 3 nitrogen and oxygen atoms in total. The first-order valence-corrected chi connectivity index (χ1v) is 3.13. The quantitative estimate of drug-likeness (QED) is 0.442. The zero-order valence-corrected chi connectivity index (χ0v) is 5.67. The van der Waals surface area contributed by atoms with Gasteiger partial charge in [-0.05, 0) is 19.9 Å². The van der Waals surface area contributed by atoms with E-state index in [9.17, 15) is 0 Å². The van der Waals surface area contributed by atoms with Gasteiger partial charge in [-0.15, -0.1) is 0 Å². The molecule has 0 saturated heterocycles. The lowest BCUT2D eigenvalue weighted by molar-refractivity contribution is 0.216. The van der Waals surface area contributed by atoms with Crippen LogP contribution >= 0.6 is 0 Å². The molecule has 55 valence electrons. The second-order valence-electron chi connectivity index (χ2n) is 1.94. The van der Waals surface area contributed by atoms with Crippen LogP contribution in [0.3, 0.4) is 0 Å². The predicted molar refractivity (Wildman–Crippen MR) is 35.7 cm³/mol. The van der Waals surface area contributed by atoms with Crippen molar-refractivity contribution in [3.63, 3.8) is 0 Å². The van der Waals surface area contributed by atoms with Crippen LogP contribution in [0.5, 0.6) is 0 Å². The smallest absolute Gasteiger partial charge is 0.0681 e. The van der Waals surface area contributed by atoms with Gasteiger partial charge in [0.05, 0.1) is 12.6 Å². The van der Waals surface area contributed by atoms with E-state index in [0.29, 0.717) is 0 Å². The van der Waals surface area contributed by atoms with Gasteiger partial charge >= 0.3 is 0 Å². The first kappa shape index (κ1) is 8.88. The summed E-state index contributed by atoms with van der Waals surface area (Å²) in [4.78, 5) is 0. The summed E-state index contributed by atoms with van der Waals surface area (Å²) in [5.74, 6) is 0. The normalized spacial score (nSPS) is 13.7. The summed E-state index contributed by atoms with van der Waals surface area (Å²) in [5, 5.41) is 19.8. The van der Waals surface area contributed by atoms with Crippen molar-refractivity contribution in [1.29, 1.82) is 0 Å². The van der Waals surface area contributed by atoms with Gasteiger partial charge in [0, 0.05) is 6.61 Å². The molecule has 0 heterocycles. The topological polar surface area (TPSA) is 52.5 Å². The fraction of sp³-hybridized carbons (Fsp3) is 0.833. The van der Waals surface area contributed by atoms with Crippen LogP contribution in [0.4, 0.5) is 0 Å². The largest absolute Gasteiger partial charge is 0.396 e. The van der Waals surface area contributed by atoms with E-state index in [2.05, 4.69) is 5.32 Å². The lowest BCUT2D eigenvalue weighted by Crippen LogP contribution is -2.19. The standard InChI is InChI=1S/C6H14NO2/c1-6(9)5-7-3-2-4-8/h5-9H,2-4H2,1H3. The molecule has 1 atom stereocenters. The van der Waals surface area contributed by atoms with Gasteiger partial charge in [0.1, 0.15) is 0 Å². The van der Waals surface area contributed by atoms with E-state index in [1.165, 1.54) is 0 Å². The Bertz CT molecular complexity index is 57.0. The van der Waals surface area contributed by atoms with Gasteiger partial charge in [-0.2, -0.15) is 0 Å². The molecule has 0 aromatic carbocycles. The van der Waals surface area contributed by atoms with E-state index in [0.717, 1.165) is 13.0 Å². The highest BCUT2D eigenvalue weighted by Gasteiger charge is 1.92. The van der Waals surface area contributed by atoms with Crippen molar-refractivity contribution in [3.8, 4) is 0 Å². The van der Waals surface area contributed by atoms with Crippen LogP contribution in [0.2, 0.25) is 0 Å². The van der Waals surface area contributed by atoms with Crippen molar-refractivity contribution < 1.29 is 10.2 Å². The number of hydrogen-bond acceptors (Lipinski definition) is 3. The molecule has 1 radical (unpaired) electrons. The van der Waals surface area contributed by atoms with Gasteiger partial charge in [-0.3, -0.25) is 0 Å². The third-order valence-electron chi connectivity index (χ3n) is 0.838. The van der Waals surface area contributed by atoms with Crippen molar-refractivity contribution in [3.05, 3.63) is 6.54 Å². The maximum Gasteiger partial charge on any atom is 0.0681 e. The average Bonchev–Trinajstić information content (AvgIpc) is 1.80. The molecule has 0 bridgehead atoms. The highest BCUT2D eigenvalue weighted by atomic mass is 16.3. The van der Waals surface area contributed by atoms with Gasteiger partial charge in [0.25, 0.3) is 0 Å². The van der Waals surface area contributed by atoms with Crippen molar-refractivity contribution in [1.82, 2.24) is 5.32 Å². The maximum absolute atomic E-state index is 8.67. The second kappa shape index (κ2) is 6.01. The Balaban J connectivity index is 2.75. The van der Waals surface area contributed by atoms with Crippen LogP contribution in [0, 0.1) is 6.54 Å². The van der Waals surface area contributed by atoms with Crippen LogP contribution in [0.25, 0.3) is 0 Å². The van der Waals surface area contributed by atoms with Crippen LogP contribution in [-0.4, -0.2) is 29.5 Å². The Morgan fingerprint density at radius 2 is 2.33 bits per heavy atom. The van der Waals surface area contributed by atoms with Crippen molar-refractivity contribution in [2.24, 2.45) is 0 Å². The summed E-state index contributed by atoms with van der Waals surface area (Å²) in [6.45, 7) is 4.18. The first-order chi connectivity index (χ1) is 4.27. The van der Waals surface area contributed by atoms with Crippen LogP contribution < -0.4 is 5.32 Å². The molecule has 0 fully saturated rings. The highest BCUT2D eigenvalue weighted by molar-refractivity contribution is 4.66. The first-order valence-electron chi connectivity index (χ1n) is 3.13. The van der Waals surface area contributed by atoms with Crippen molar-refractivity contribution in [2.75, 3.05) is 13.2 Å². The minimum atomic E-state index is -0.413. The highest BCUT2D eigenvalue weighted by Crippen LogP contribution is 1.81. The van der Waals surface area contributed by atoms with E-state index in [1.54, 1.807) is 13.5 Å². The summed E-state index contributed by atoms with van der Waals surface area (Å²) >= 11 is 0. The molecule has 0 saturated carbocycles. The molecule has 0 aliphatic carbocycles. The van der Waals surface area contributed by atoms with E-state index in [4.69, 9.17) is 10.2 Å². The van der Waals surface area contributed by atoms with Gasteiger partial charge < -0.3 is 15.5 Å². The van der Waals surface area contributed by atoms with Crippen LogP contribution in [-0.2, 0) is 0 Å². The Labute approximate surface area is 55.7 Å². The maximum atomic E-state index is 8.67. The number of aliphatic hydroxyl groups excluding tert-OH is 2. The molecule has 0 aromatic heterocycles. The van der Waals surface area contributed by atoms with E-state index >= 15 is 0 Å². The van der Waals surface area contributed by atoms with Gasteiger partial charge in [0.2, 0.25) is 0 Å². The average molecular weight is 132 g/mol. The fourth-order valence-electron chi connectivity index (χ4n) is 0.435. The van der Waals surface area contributed by atoms with Crippen molar-refractivity contribution >= 4 is 0 Å². The number of rotatable bonds is 5. The fourth-order valence-corrected chi connectivity index (χ4v) is 0.435. The lowest BCUT2D eigenvalue weighted by atomic mass is 10.4. The summed E-state index contributed by atoms with van der Waals surface area (Å²) in [6, 6.07) is 0. The summed E-state index contributed by atoms with van der Waals surface area (Å²) < 4.78 is 0. The second-order valence-corrected chi connectivity index (χ2v) is 1.94. The Morgan fingerprint density at radius 3 is 2.78 bits per heavy atom. The molecule has 0 rings (SSSR count). The monoisotopic (exact) mass is 132 g/mol. The zero-order valence-electron chi connectivity index (χ0n) is 5.67. The lowest BCUT2D eigenvalue weighted by Gasteiger charge is -2.03. The predicted octanol–water partition coefficient (Wildman–Crippen LogP) is -0.499. The molecule has 3 heteroatoms. The minimum absolute atomic E-state index is 0.195. The third kappa shape index (κ3) is 7.88. The summed E-state index contributed by atoms with van der Waals surface area (Å²) in [7, 11) is 0. The van der Waals surface area contributed by atoms with E-state index < -0.39 is 6.10 Å². The SMILES string of the molecule is CC(O)[CH]NCCCO. The van der Waals surface area contributed by atoms with Gasteiger partial charge in [0.15, 0.2) is 0 Å². The van der Waals surface area contributed by atoms with E-state index in [1.807, 2.05) is 0 Å². The molecule has 0 aliphatic heterocycles. The molecule has 0 aliphatic rings. The number of nitrogens with one attached hydrogen (secondary N) is 1. The van der Waals surface area contributed by atoms with Gasteiger partial charge in [-0.25, -0.2) is 0 Å². The Hall–Kier alpha value is -0.120. The molecular weight excluding hydrogens is 118 g/mol. The van der Waals surface area contributed by atoms with E-state index in [-0.39, 0.29) is 6.61 Å². The zero-order chi connectivity index (χ0) is 7.11. The van der Waals surface area contributed by atoms with Crippen LogP contribution in [0.1, 0.15) is 13.3 Å². The van der Waals surface area contributed by atoms with Crippen molar-refractivity contribution in [2.45, 2.75) is 19.4 Å². The summed E-state index contributed by atoms with van der Waals surface area (Å²) in [5.41, 5.74) is 0. The summed E-state index contributed by atoms with van der Waals surface area (Å²) in [6.07, 6.45) is 0.312. The minimum Gasteiger partial charge on any atom is -0.396 e.